The van der Waals surface area contributed by atoms with E-state index in [-0.39, 0.29) is 6.04 Å². The lowest BCUT2D eigenvalue weighted by Crippen LogP contribution is -2.41. The van der Waals surface area contributed by atoms with Gasteiger partial charge in [0.25, 0.3) is 0 Å². The first kappa shape index (κ1) is 13.4. The highest BCUT2D eigenvalue weighted by Crippen LogP contribution is 2.12. The Hall–Kier alpha value is -2.55. The van der Waals surface area contributed by atoms with Crippen LogP contribution < -0.4 is 10.4 Å². The largest absolute Gasteiger partial charge is 0.411 e. The second-order valence-corrected chi connectivity index (χ2v) is 5.34. The van der Waals surface area contributed by atoms with Crippen molar-refractivity contribution in [3.8, 4) is 0 Å². The average Bonchev–Trinajstić information content (AvgIpc) is 2.50. The number of aryl methyl sites for hydroxylation is 1. The standard InChI is InChI=1S/C18H18N2O/c1-14-6-8-15(9-7-14)12-20-13-17-5-3-2-4-16(17)10-18(20)11-19-21/h2-11,13,18,21H,12H2,1H3/b19-11-/t18-/m0/s1. The fraction of sp³-hybridized carbons (Fsp3) is 0.167. The number of fused-ring (bicyclic) bond motifs is 1. The van der Waals surface area contributed by atoms with Gasteiger partial charge in [-0.25, -0.2) is 0 Å². The summed E-state index contributed by atoms with van der Waals surface area (Å²) in [7, 11) is 0. The van der Waals surface area contributed by atoms with E-state index < -0.39 is 0 Å². The highest BCUT2D eigenvalue weighted by Gasteiger charge is 2.14. The molecule has 1 N–H and O–H groups in total. The van der Waals surface area contributed by atoms with Crippen LogP contribution in [0.4, 0.5) is 0 Å². The van der Waals surface area contributed by atoms with Crippen LogP contribution in [0, 0.1) is 6.92 Å². The lowest BCUT2D eigenvalue weighted by Gasteiger charge is -2.28. The van der Waals surface area contributed by atoms with Gasteiger partial charge in [0, 0.05) is 12.7 Å². The zero-order valence-corrected chi connectivity index (χ0v) is 12.0. The quantitative estimate of drug-likeness (QED) is 0.528. The number of rotatable bonds is 3. The Labute approximate surface area is 124 Å². The van der Waals surface area contributed by atoms with Gasteiger partial charge in [-0.15, -0.1) is 0 Å². The van der Waals surface area contributed by atoms with E-state index in [0.717, 1.165) is 6.54 Å². The van der Waals surface area contributed by atoms with E-state index in [2.05, 4.69) is 65.7 Å². The Balaban J connectivity index is 1.95. The summed E-state index contributed by atoms with van der Waals surface area (Å²) in [6.07, 6.45) is 5.80. The minimum absolute atomic E-state index is 0.0359. The van der Waals surface area contributed by atoms with Gasteiger partial charge >= 0.3 is 0 Å². The van der Waals surface area contributed by atoms with Crippen LogP contribution in [-0.2, 0) is 6.54 Å². The molecule has 0 aromatic heterocycles. The van der Waals surface area contributed by atoms with Gasteiger partial charge in [0.15, 0.2) is 0 Å². The summed E-state index contributed by atoms with van der Waals surface area (Å²) in [4.78, 5) is 2.17. The zero-order valence-electron chi connectivity index (χ0n) is 12.0. The maximum absolute atomic E-state index is 8.90. The summed E-state index contributed by atoms with van der Waals surface area (Å²) in [6, 6.07) is 16.7. The molecule has 0 spiro atoms. The topological polar surface area (TPSA) is 35.8 Å². The molecule has 1 heterocycles. The minimum Gasteiger partial charge on any atom is -0.411 e. The van der Waals surface area contributed by atoms with Crippen LogP contribution in [0.3, 0.4) is 0 Å². The van der Waals surface area contributed by atoms with E-state index >= 15 is 0 Å². The summed E-state index contributed by atoms with van der Waals surface area (Å²) in [5, 5.41) is 14.5. The Morgan fingerprint density at radius 1 is 1.10 bits per heavy atom. The third-order valence-electron chi connectivity index (χ3n) is 3.74. The Morgan fingerprint density at radius 3 is 2.52 bits per heavy atom. The van der Waals surface area contributed by atoms with Crippen LogP contribution in [0.25, 0.3) is 12.3 Å². The van der Waals surface area contributed by atoms with Crippen LogP contribution in [0.1, 0.15) is 11.1 Å². The molecule has 3 heteroatoms. The summed E-state index contributed by atoms with van der Waals surface area (Å²) in [5.74, 6) is 0. The smallest absolute Gasteiger partial charge is 0.0868 e. The van der Waals surface area contributed by atoms with E-state index in [1.165, 1.54) is 21.6 Å². The van der Waals surface area contributed by atoms with Crippen molar-refractivity contribution < 1.29 is 5.21 Å². The molecule has 3 nitrogen and oxygen atoms in total. The Kier molecular flexibility index (Phi) is 3.73. The molecule has 0 unspecified atom stereocenters. The summed E-state index contributed by atoms with van der Waals surface area (Å²) < 4.78 is 0. The molecular weight excluding hydrogens is 260 g/mol. The Morgan fingerprint density at radius 2 is 1.81 bits per heavy atom. The molecule has 0 fully saturated rings. The molecule has 21 heavy (non-hydrogen) atoms. The van der Waals surface area contributed by atoms with E-state index in [4.69, 9.17) is 5.21 Å². The summed E-state index contributed by atoms with van der Waals surface area (Å²) in [6.45, 7) is 2.86. The Bertz CT molecular complexity index is 763. The molecule has 0 saturated carbocycles. The van der Waals surface area contributed by atoms with Gasteiger partial charge in [0.05, 0.1) is 12.3 Å². The molecule has 3 rings (SSSR count). The number of oxime groups is 1. The van der Waals surface area contributed by atoms with E-state index in [0.29, 0.717) is 0 Å². The SMILES string of the molecule is Cc1ccc(CN2C=c3ccccc3=C[C@H]2/C=N\O)cc1. The molecule has 0 aliphatic carbocycles. The van der Waals surface area contributed by atoms with Gasteiger partial charge in [0.1, 0.15) is 0 Å². The normalized spacial score (nSPS) is 17.2. The predicted octanol–water partition coefficient (Wildman–Crippen LogP) is 1.86. The minimum atomic E-state index is -0.0359. The van der Waals surface area contributed by atoms with Crippen molar-refractivity contribution in [3.63, 3.8) is 0 Å². The number of hydrogen-bond donors (Lipinski definition) is 1. The van der Waals surface area contributed by atoms with Gasteiger partial charge < -0.3 is 10.1 Å². The monoisotopic (exact) mass is 278 g/mol. The van der Waals surface area contributed by atoms with Gasteiger partial charge in [-0.2, -0.15) is 0 Å². The van der Waals surface area contributed by atoms with Gasteiger partial charge in [-0.05, 0) is 29.0 Å². The number of hydrogen-bond acceptors (Lipinski definition) is 3. The average molecular weight is 278 g/mol. The molecule has 1 aliphatic heterocycles. The van der Waals surface area contributed by atoms with Crippen LogP contribution in [0.15, 0.2) is 53.7 Å². The van der Waals surface area contributed by atoms with Gasteiger partial charge in [-0.1, -0.05) is 59.3 Å². The third-order valence-corrected chi connectivity index (χ3v) is 3.74. The first-order chi connectivity index (χ1) is 10.3. The van der Waals surface area contributed by atoms with Crippen molar-refractivity contribution in [2.45, 2.75) is 19.5 Å². The van der Waals surface area contributed by atoms with Crippen LogP contribution in [0.2, 0.25) is 0 Å². The molecular formula is C18H18N2O. The highest BCUT2D eigenvalue weighted by atomic mass is 16.4. The first-order valence-corrected chi connectivity index (χ1v) is 7.04. The second-order valence-electron chi connectivity index (χ2n) is 5.34. The maximum atomic E-state index is 8.90. The van der Waals surface area contributed by atoms with Crippen LogP contribution in [0.5, 0.6) is 0 Å². The molecule has 1 aliphatic rings. The summed E-state index contributed by atoms with van der Waals surface area (Å²) >= 11 is 0. The molecule has 0 bridgehead atoms. The van der Waals surface area contributed by atoms with Crippen molar-refractivity contribution in [1.82, 2.24) is 4.90 Å². The van der Waals surface area contributed by atoms with Gasteiger partial charge in [-0.3, -0.25) is 0 Å². The van der Waals surface area contributed by atoms with Crippen LogP contribution >= 0.6 is 0 Å². The predicted molar refractivity (Wildman–Crippen MR) is 85.4 cm³/mol. The molecule has 1 atom stereocenters. The van der Waals surface area contributed by atoms with E-state index in [9.17, 15) is 0 Å². The number of benzene rings is 2. The molecule has 2 aromatic carbocycles. The van der Waals surface area contributed by atoms with Crippen molar-refractivity contribution in [2.24, 2.45) is 5.16 Å². The molecule has 0 radical (unpaired) electrons. The summed E-state index contributed by atoms with van der Waals surface area (Å²) in [5.41, 5.74) is 2.49. The van der Waals surface area contributed by atoms with E-state index in [1.807, 2.05) is 12.1 Å². The van der Waals surface area contributed by atoms with Crippen molar-refractivity contribution in [2.75, 3.05) is 0 Å². The number of nitrogens with zero attached hydrogens (tertiary/aromatic N) is 2. The molecule has 0 amide bonds. The lowest BCUT2D eigenvalue weighted by atomic mass is 10.1. The van der Waals surface area contributed by atoms with Gasteiger partial charge in [0.2, 0.25) is 0 Å². The third kappa shape index (κ3) is 2.97. The molecule has 2 aromatic rings. The second kappa shape index (κ2) is 5.83. The fourth-order valence-electron chi connectivity index (χ4n) is 2.58. The highest BCUT2D eigenvalue weighted by molar-refractivity contribution is 5.75. The fourth-order valence-corrected chi connectivity index (χ4v) is 2.58. The lowest BCUT2D eigenvalue weighted by molar-refractivity contribution is 0.314. The first-order valence-electron chi connectivity index (χ1n) is 7.04. The van der Waals surface area contributed by atoms with E-state index in [1.54, 1.807) is 6.21 Å². The maximum Gasteiger partial charge on any atom is 0.0868 e. The van der Waals surface area contributed by atoms with Crippen LogP contribution in [-0.4, -0.2) is 22.4 Å². The van der Waals surface area contributed by atoms with Crippen molar-refractivity contribution in [1.29, 1.82) is 0 Å². The molecule has 0 saturated heterocycles. The zero-order chi connectivity index (χ0) is 14.7. The molecule has 106 valence electrons. The van der Waals surface area contributed by atoms with Crippen molar-refractivity contribution >= 4 is 18.5 Å². The van der Waals surface area contributed by atoms with Crippen molar-refractivity contribution in [3.05, 3.63) is 70.1 Å².